The predicted molar refractivity (Wildman–Crippen MR) is 58.2 cm³/mol. The van der Waals surface area contributed by atoms with Gasteiger partial charge in [0.2, 0.25) is 5.91 Å². The van der Waals surface area contributed by atoms with E-state index in [0.29, 0.717) is 18.2 Å². The van der Waals surface area contributed by atoms with Crippen molar-refractivity contribution in [3.63, 3.8) is 0 Å². The minimum atomic E-state index is 0.157. The van der Waals surface area contributed by atoms with Crippen molar-refractivity contribution in [3.8, 4) is 0 Å². The van der Waals surface area contributed by atoms with Crippen LogP contribution in [0.5, 0.6) is 0 Å². The minimum Gasteiger partial charge on any atom is -0.385 e. The third-order valence-electron chi connectivity index (χ3n) is 2.04. The summed E-state index contributed by atoms with van der Waals surface area (Å²) in [7, 11) is 1.50. The van der Waals surface area contributed by atoms with E-state index in [9.17, 15) is 4.79 Å². The number of hydrogen-bond acceptors (Lipinski definition) is 3. The highest BCUT2D eigenvalue weighted by atomic mass is 16.2. The molecule has 1 saturated heterocycles. The molecule has 0 aromatic heterocycles. The molecular weight excluding hydrogens is 178 g/mol. The maximum atomic E-state index is 11.3. The van der Waals surface area contributed by atoms with E-state index in [1.807, 2.05) is 13.0 Å². The van der Waals surface area contributed by atoms with Crippen molar-refractivity contribution in [3.05, 3.63) is 11.9 Å². The lowest BCUT2D eigenvalue weighted by atomic mass is 10.2. The number of hydrogen-bond donors (Lipinski definition) is 2. The summed E-state index contributed by atoms with van der Waals surface area (Å²) in [6, 6.07) is 0. The highest BCUT2D eigenvalue weighted by Gasteiger charge is 2.27. The largest absolute Gasteiger partial charge is 0.385 e. The summed E-state index contributed by atoms with van der Waals surface area (Å²) < 4.78 is 0. The van der Waals surface area contributed by atoms with Crippen LogP contribution in [0.1, 0.15) is 26.7 Å². The van der Waals surface area contributed by atoms with Crippen molar-refractivity contribution in [1.29, 1.82) is 0 Å². The quantitative estimate of drug-likeness (QED) is 0.685. The van der Waals surface area contributed by atoms with Crippen LogP contribution in [0.25, 0.3) is 0 Å². The molecular formula is C10H21N3O. The van der Waals surface area contributed by atoms with E-state index < -0.39 is 0 Å². The first kappa shape index (κ1) is 13.0. The number of amides is 1. The van der Waals surface area contributed by atoms with Gasteiger partial charge in [0, 0.05) is 13.0 Å². The molecule has 82 valence electrons. The highest BCUT2D eigenvalue weighted by Crippen LogP contribution is 2.19. The Bertz CT molecular complexity index is 213. The smallest absolute Gasteiger partial charge is 0.228 e. The predicted octanol–water partition coefficient (Wildman–Crippen LogP) is 0.640. The summed E-state index contributed by atoms with van der Waals surface area (Å²) in [6.45, 7) is 4.86. The second-order valence-electron chi connectivity index (χ2n) is 3.35. The molecule has 1 atom stereocenters. The van der Waals surface area contributed by atoms with Gasteiger partial charge in [0.1, 0.15) is 5.82 Å². The normalized spacial score (nSPS) is 22.0. The number of allylic oxidation sites excluding steroid dienone is 1. The topological polar surface area (TPSA) is 72.3 Å². The van der Waals surface area contributed by atoms with Gasteiger partial charge in [-0.05, 0) is 25.5 Å². The number of rotatable bonds is 2. The van der Waals surface area contributed by atoms with Crippen molar-refractivity contribution in [1.82, 2.24) is 4.90 Å². The zero-order valence-electron chi connectivity index (χ0n) is 9.29. The Labute approximate surface area is 85.9 Å². The van der Waals surface area contributed by atoms with Crippen molar-refractivity contribution < 1.29 is 4.79 Å². The number of nitrogens with two attached hydrogens (primary N) is 2. The van der Waals surface area contributed by atoms with Crippen LogP contribution in [0.3, 0.4) is 0 Å². The van der Waals surface area contributed by atoms with Crippen LogP contribution >= 0.6 is 0 Å². The van der Waals surface area contributed by atoms with Gasteiger partial charge in [-0.15, -0.1) is 0 Å². The molecule has 4 heteroatoms. The van der Waals surface area contributed by atoms with Crippen LogP contribution in [0, 0.1) is 5.92 Å². The molecule has 0 saturated carbocycles. The van der Waals surface area contributed by atoms with Gasteiger partial charge in [0.05, 0.1) is 0 Å². The van der Waals surface area contributed by atoms with Gasteiger partial charge >= 0.3 is 0 Å². The van der Waals surface area contributed by atoms with Crippen molar-refractivity contribution in [2.24, 2.45) is 17.4 Å². The summed E-state index contributed by atoms with van der Waals surface area (Å²) in [5.74, 6) is 1.22. The average molecular weight is 199 g/mol. The molecule has 1 heterocycles. The lowest BCUT2D eigenvalue weighted by Crippen LogP contribution is -2.29. The van der Waals surface area contributed by atoms with Crippen LogP contribution in [0.15, 0.2) is 11.9 Å². The van der Waals surface area contributed by atoms with Crippen LogP contribution in [-0.2, 0) is 4.79 Å². The van der Waals surface area contributed by atoms with Crippen LogP contribution in [-0.4, -0.2) is 24.4 Å². The number of carbonyl (C=O) groups is 1. The molecule has 0 aromatic rings. The second-order valence-corrected chi connectivity index (χ2v) is 3.35. The van der Waals surface area contributed by atoms with Gasteiger partial charge in [0.25, 0.3) is 0 Å². The number of nitrogens with zero attached hydrogens (tertiary/aromatic N) is 1. The summed E-state index contributed by atoms with van der Waals surface area (Å²) in [4.78, 5) is 13.0. The van der Waals surface area contributed by atoms with Gasteiger partial charge < -0.3 is 11.5 Å². The molecule has 1 aliphatic rings. The molecule has 1 unspecified atom stereocenters. The number of carbonyl (C=O) groups excluding carboxylic acids is 1. The van der Waals surface area contributed by atoms with Crippen molar-refractivity contribution in [2.75, 3.05) is 13.6 Å². The Morgan fingerprint density at radius 3 is 2.57 bits per heavy atom. The van der Waals surface area contributed by atoms with Gasteiger partial charge in [-0.2, -0.15) is 0 Å². The van der Waals surface area contributed by atoms with Crippen LogP contribution in [0.2, 0.25) is 0 Å². The zero-order valence-corrected chi connectivity index (χ0v) is 9.29. The van der Waals surface area contributed by atoms with Crippen molar-refractivity contribution in [2.45, 2.75) is 26.7 Å². The Morgan fingerprint density at radius 2 is 2.21 bits per heavy atom. The van der Waals surface area contributed by atoms with E-state index in [-0.39, 0.29) is 5.91 Å². The first-order chi connectivity index (χ1) is 6.65. The average Bonchev–Trinajstić information content (AvgIpc) is 2.49. The second kappa shape index (κ2) is 6.43. The Morgan fingerprint density at radius 1 is 1.64 bits per heavy atom. The zero-order chi connectivity index (χ0) is 11.1. The van der Waals surface area contributed by atoms with Crippen molar-refractivity contribution >= 4 is 5.91 Å². The van der Waals surface area contributed by atoms with E-state index in [0.717, 1.165) is 13.0 Å². The molecule has 0 bridgehead atoms. The third kappa shape index (κ3) is 3.38. The van der Waals surface area contributed by atoms with E-state index in [2.05, 4.69) is 12.7 Å². The summed E-state index contributed by atoms with van der Waals surface area (Å²) >= 11 is 0. The Balaban J connectivity index is 0.000000791. The Hall–Kier alpha value is -1.03. The first-order valence-electron chi connectivity index (χ1n) is 4.99. The van der Waals surface area contributed by atoms with E-state index in [1.54, 1.807) is 4.90 Å². The lowest BCUT2D eigenvalue weighted by molar-refractivity contribution is -0.126. The summed E-state index contributed by atoms with van der Waals surface area (Å²) in [5, 5.41) is 0. The van der Waals surface area contributed by atoms with Gasteiger partial charge in [-0.25, -0.2) is 0 Å². The first-order valence-corrected chi connectivity index (χ1v) is 4.99. The molecule has 0 spiro atoms. The summed E-state index contributed by atoms with van der Waals surface area (Å²) in [5.41, 5.74) is 10.2. The summed E-state index contributed by atoms with van der Waals surface area (Å²) in [6.07, 6.45) is 3.40. The molecule has 4 nitrogen and oxygen atoms in total. The molecule has 0 radical (unpaired) electrons. The fourth-order valence-corrected chi connectivity index (χ4v) is 1.46. The van der Waals surface area contributed by atoms with Gasteiger partial charge in [-0.3, -0.25) is 9.69 Å². The fraction of sp³-hybridized carbons (Fsp3) is 0.700. The monoisotopic (exact) mass is 199 g/mol. The maximum Gasteiger partial charge on any atom is 0.228 e. The van der Waals surface area contributed by atoms with E-state index in [4.69, 9.17) is 5.73 Å². The molecule has 4 N–H and O–H groups in total. The SMILES string of the molecule is CC/C=C(\N)N1CC(C)CC1=O.CN. The van der Waals surface area contributed by atoms with Gasteiger partial charge in [0.15, 0.2) is 0 Å². The van der Waals surface area contributed by atoms with Crippen LogP contribution in [0.4, 0.5) is 0 Å². The van der Waals surface area contributed by atoms with E-state index >= 15 is 0 Å². The highest BCUT2D eigenvalue weighted by molar-refractivity contribution is 5.80. The van der Waals surface area contributed by atoms with Gasteiger partial charge in [-0.1, -0.05) is 13.8 Å². The minimum absolute atomic E-state index is 0.157. The third-order valence-corrected chi connectivity index (χ3v) is 2.04. The fourth-order valence-electron chi connectivity index (χ4n) is 1.46. The number of likely N-dealkylation sites (tertiary alicyclic amines) is 1. The van der Waals surface area contributed by atoms with E-state index in [1.165, 1.54) is 7.05 Å². The molecule has 0 aliphatic carbocycles. The van der Waals surface area contributed by atoms with Crippen LogP contribution < -0.4 is 11.5 Å². The standard InChI is InChI=1S/C9H16N2O.CH5N/c1-3-4-8(10)11-6-7(2)5-9(11)12;1-2/h4,7H,3,5-6,10H2,1-2H3;2H2,1H3/b8-4+;. The molecule has 1 aliphatic heterocycles. The molecule has 1 rings (SSSR count). The molecule has 0 aromatic carbocycles. The lowest BCUT2D eigenvalue weighted by Gasteiger charge is -2.15. The molecule has 1 amide bonds. The maximum absolute atomic E-state index is 11.3. The molecule has 1 fully saturated rings. The Kier molecular flexibility index (Phi) is 5.95. The molecule has 14 heavy (non-hydrogen) atoms.